The molecule has 36 heavy (non-hydrogen) atoms. The third kappa shape index (κ3) is 7.31. The molecule has 10 nitrogen and oxygen atoms in total. The number of nitrogens with zero attached hydrogens (tertiary/aromatic N) is 1. The smallest absolute Gasteiger partial charge is 0.247 e. The minimum absolute atomic E-state index is 0.0851. The van der Waals surface area contributed by atoms with Crippen molar-refractivity contribution in [3.63, 3.8) is 0 Å². The second-order valence-corrected chi connectivity index (χ2v) is 10.2. The molecule has 3 unspecified atom stereocenters. The third-order valence-electron chi connectivity index (χ3n) is 6.33. The van der Waals surface area contributed by atoms with Gasteiger partial charge in [0, 0.05) is 32.2 Å². The van der Waals surface area contributed by atoms with Crippen LogP contribution in [0.3, 0.4) is 0 Å². The fraction of sp³-hybridized carbons (Fsp3) is 0.600. The van der Waals surface area contributed by atoms with Gasteiger partial charge in [-0.2, -0.15) is 0 Å². The maximum atomic E-state index is 13.1. The van der Waals surface area contributed by atoms with Crippen molar-refractivity contribution in [1.82, 2.24) is 10.2 Å². The van der Waals surface area contributed by atoms with Crippen LogP contribution in [0, 0.1) is 9.49 Å². The molecule has 2 aliphatic carbocycles. The summed E-state index contributed by atoms with van der Waals surface area (Å²) in [5.41, 5.74) is 1.01. The van der Waals surface area contributed by atoms with Gasteiger partial charge in [-0.15, -0.1) is 0 Å². The van der Waals surface area contributed by atoms with E-state index in [9.17, 15) is 19.8 Å². The number of amides is 2. The highest BCUT2D eigenvalue weighted by atomic mass is 127. The Morgan fingerprint density at radius 1 is 1.22 bits per heavy atom. The Bertz CT molecular complexity index is 952. The lowest BCUT2D eigenvalue weighted by atomic mass is 9.87. The first kappa shape index (κ1) is 28.6. The number of benzene rings is 1. The van der Waals surface area contributed by atoms with Crippen LogP contribution in [0.15, 0.2) is 23.8 Å². The zero-order valence-electron chi connectivity index (χ0n) is 20.6. The topological polar surface area (TPSA) is 138 Å². The second-order valence-electron chi connectivity index (χ2n) is 9.02. The number of methoxy groups -OCH3 is 2. The zero-order valence-corrected chi connectivity index (χ0v) is 22.8. The van der Waals surface area contributed by atoms with Crippen molar-refractivity contribution in [3.8, 4) is 11.5 Å². The molecule has 0 spiro atoms. The molecule has 3 rings (SSSR count). The van der Waals surface area contributed by atoms with E-state index in [2.05, 4.69) is 27.9 Å². The number of aliphatic hydroxyl groups is 3. The molecule has 1 saturated carbocycles. The molecular weight excluding hydrogens is 583 g/mol. The number of ether oxygens (including phenoxy) is 3. The average molecular weight is 618 g/mol. The van der Waals surface area contributed by atoms with Crippen molar-refractivity contribution in [2.45, 2.75) is 50.5 Å². The molecule has 2 amide bonds. The first-order chi connectivity index (χ1) is 17.3. The Hall–Kier alpha value is -1.93. The molecule has 0 heterocycles. The van der Waals surface area contributed by atoms with Crippen LogP contribution in [0.5, 0.6) is 11.5 Å². The lowest BCUT2D eigenvalue weighted by Gasteiger charge is -2.41. The molecular formula is C25H35IN2O8. The van der Waals surface area contributed by atoms with E-state index in [0.29, 0.717) is 38.7 Å². The number of halogens is 1. The van der Waals surface area contributed by atoms with Gasteiger partial charge in [0.05, 0.1) is 43.0 Å². The van der Waals surface area contributed by atoms with Gasteiger partial charge in [0.1, 0.15) is 12.2 Å². The van der Waals surface area contributed by atoms with Crippen molar-refractivity contribution >= 4 is 34.4 Å². The van der Waals surface area contributed by atoms with Crippen molar-refractivity contribution in [1.29, 1.82) is 0 Å². The highest BCUT2D eigenvalue weighted by Crippen LogP contribution is 2.38. The Labute approximate surface area is 224 Å². The fourth-order valence-electron chi connectivity index (χ4n) is 4.23. The normalized spacial score (nSPS) is 21.5. The summed E-state index contributed by atoms with van der Waals surface area (Å²) in [5, 5.41) is 32.8. The van der Waals surface area contributed by atoms with Crippen molar-refractivity contribution in [2.75, 3.05) is 40.5 Å². The van der Waals surface area contributed by atoms with E-state index in [0.717, 1.165) is 12.8 Å². The van der Waals surface area contributed by atoms with E-state index in [4.69, 9.17) is 19.3 Å². The minimum atomic E-state index is -1.11. The van der Waals surface area contributed by atoms with Gasteiger partial charge in [0.15, 0.2) is 11.5 Å². The van der Waals surface area contributed by atoms with Crippen LogP contribution in [0.25, 0.3) is 0 Å². The van der Waals surface area contributed by atoms with Gasteiger partial charge in [0.2, 0.25) is 11.8 Å². The third-order valence-corrected chi connectivity index (χ3v) is 7.13. The van der Waals surface area contributed by atoms with Crippen LogP contribution in [0.4, 0.5) is 0 Å². The average Bonchev–Trinajstić information content (AvgIpc) is 3.70. The zero-order chi connectivity index (χ0) is 26.2. The summed E-state index contributed by atoms with van der Waals surface area (Å²) in [6.45, 7) is 0.460. The molecule has 1 fully saturated rings. The summed E-state index contributed by atoms with van der Waals surface area (Å²) in [6.07, 6.45) is 1.87. The van der Waals surface area contributed by atoms with Crippen molar-refractivity contribution in [2.24, 2.45) is 5.92 Å². The predicted octanol–water partition coefficient (Wildman–Crippen LogP) is 0.983. The molecule has 3 atom stereocenters. The van der Waals surface area contributed by atoms with Gasteiger partial charge < -0.3 is 39.7 Å². The first-order valence-electron chi connectivity index (χ1n) is 12.0. The molecule has 1 aromatic rings. The van der Waals surface area contributed by atoms with Crippen LogP contribution in [-0.2, 0) is 20.9 Å². The second kappa shape index (κ2) is 13.6. The number of hydrogen-bond donors (Lipinski definition) is 4. The first-order valence-corrected chi connectivity index (χ1v) is 13.1. The Morgan fingerprint density at radius 2 is 1.97 bits per heavy atom. The van der Waals surface area contributed by atoms with E-state index in [-0.39, 0.29) is 51.0 Å². The quantitative estimate of drug-likeness (QED) is 0.240. The molecule has 0 aliphatic heterocycles. The molecule has 11 heteroatoms. The molecule has 0 saturated heterocycles. The molecule has 0 aromatic heterocycles. The van der Waals surface area contributed by atoms with Gasteiger partial charge in [-0.05, 0) is 65.1 Å². The number of aliphatic hydroxyl groups excluding tert-OH is 3. The number of hydrogen-bond acceptors (Lipinski definition) is 8. The lowest BCUT2D eigenvalue weighted by Crippen LogP contribution is -2.55. The number of carbonyl (C=O) groups is 2. The van der Waals surface area contributed by atoms with E-state index < -0.39 is 18.2 Å². The van der Waals surface area contributed by atoms with E-state index in [1.165, 1.54) is 14.2 Å². The van der Waals surface area contributed by atoms with Gasteiger partial charge in [0.25, 0.3) is 0 Å². The van der Waals surface area contributed by atoms with E-state index >= 15 is 0 Å². The lowest BCUT2D eigenvalue weighted by molar-refractivity contribution is -0.139. The number of rotatable bonds is 13. The van der Waals surface area contributed by atoms with Gasteiger partial charge in [-0.1, -0.05) is 0 Å². The highest BCUT2D eigenvalue weighted by molar-refractivity contribution is 14.1. The van der Waals surface area contributed by atoms with Crippen molar-refractivity contribution < 1.29 is 39.1 Å². The molecule has 2 aliphatic rings. The monoisotopic (exact) mass is 618 g/mol. The summed E-state index contributed by atoms with van der Waals surface area (Å²) < 4.78 is 17.5. The SMILES string of the molecule is COCCC(=O)N(CC1CC1)C1CC(C(=O)NCCO)=CC(Oc2c(I)cc(CO)cc2OC)C1O. The summed E-state index contributed by atoms with van der Waals surface area (Å²) >= 11 is 2.06. The maximum absolute atomic E-state index is 13.1. The number of carbonyl (C=O) groups excluding carboxylic acids is 2. The fourth-order valence-corrected chi connectivity index (χ4v) is 5.02. The summed E-state index contributed by atoms with van der Waals surface area (Å²) in [4.78, 5) is 27.7. The van der Waals surface area contributed by atoms with Gasteiger partial charge in [-0.3, -0.25) is 9.59 Å². The van der Waals surface area contributed by atoms with Crippen LogP contribution in [0.1, 0.15) is 31.2 Å². The Morgan fingerprint density at radius 3 is 2.58 bits per heavy atom. The molecule has 0 radical (unpaired) electrons. The summed E-state index contributed by atoms with van der Waals surface area (Å²) in [5.74, 6) is 0.579. The molecule has 1 aromatic carbocycles. The van der Waals surface area contributed by atoms with E-state index in [1.54, 1.807) is 23.1 Å². The van der Waals surface area contributed by atoms with Crippen LogP contribution < -0.4 is 14.8 Å². The Balaban J connectivity index is 1.95. The minimum Gasteiger partial charge on any atom is -0.493 e. The predicted molar refractivity (Wildman–Crippen MR) is 140 cm³/mol. The number of nitrogens with one attached hydrogen (secondary N) is 1. The molecule has 4 N–H and O–H groups in total. The van der Waals surface area contributed by atoms with Crippen molar-refractivity contribution in [3.05, 3.63) is 32.9 Å². The van der Waals surface area contributed by atoms with Gasteiger partial charge in [-0.25, -0.2) is 0 Å². The standard InChI is InChI=1S/C25H35IN2O8/c1-34-8-5-22(31)28(13-15-3-4-15)19-11-17(25(33)27-6-7-29)12-20(23(19)32)36-24-18(26)9-16(14-30)10-21(24)35-2/h9-10,12,15,19-20,23,29-30,32H,3-8,11,13-14H2,1-2H3,(H,27,33). The summed E-state index contributed by atoms with van der Waals surface area (Å²) in [6, 6.07) is 2.72. The molecule has 200 valence electrons. The largest absolute Gasteiger partial charge is 0.493 e. The Kier molecular flexibility index (Phi) is 10.8. The molecule has 0 bridgehead atoms. The highest BCUT2D eigenvalue weighted by Gasteiger charge is 2.42. The van der Waals surface area contributed by atoms with Crippen LogP contribution in [0.2, 0.25) is 0 Å². The summed E-state index contributed by atoms with van der Waals surface area (Å²) in [7, 11) is 3.01. The van der Waals surface area contributed by atoms with Gasteiger partial charge >= 0.3 is 0 Å². The van der Waals surface area contributed by atoms with E-state index in [1.807, 2.05) is 0 Å². The van der Waals surface area contributed by atoms with Crippen LogP contribution >= 0.6 is 22.6 Å². The van der Waals surface area contributed by atoms with Crippen LogP contribution in [-0.4, -0.2) is 90.8 Å². The maximum Gasteiger partial charge on any atom is 0.247 e.